The Morgan fingerprint density at radius 1 is 0.568 bits per heavy atom. The Morgan fingerprint density at radius 2 is 0.919 bits per heavy atom. The second kappa shape index (κ2) is 8.36. The van der Waals surface area contributed by atoms with Crippen molar-refractivity contribution in [3.8, 4) is 45.3 Å². The van der Waals surface area contributed by atoms with Gasteiger partial charge in [-0.2, -0.15) is 26.3 Å². The highest BCUT2D eigenvalue weighted by Gasteiger charge is 2.35. The first kappa shape index (κ1) is 24.4. The molecular weight excluding hydrogens is 500 g/mol. The molecule has 0 aromatic heterocycles. The molecule has 1 aliphatic heterocycles. The van der Waals surface area contributed by atoms with Crippen LogP contribution in [-0.2, 0) is 12.4 Å². The zero-order valence-corrected chi connectivity index (χ0v) is 18.9. The largest absolute Gasteiger partial charge is 0.507 e. The zero-order valence-electron chi connectivity index (χ0n) is 18.9. The van der Waals surface area contributed by atoms with Crippen LogP contribution in [0.25, 0.3) is 22.3 Å². The van der Waals surface area contributed by atoms with E-state index in [1.54, 1.807) is 48.3 Å². The van der Waals surface area contributed by atoms with Crippen LogP contribution in [0.4, 0.5) is 37.7 Å². The van der Waals surface area contributed by atoms with Gasteiger partial charge in [-0.3, -0.25) is 0 Å². The lowest BCUT2D eigenvalue weighted by Gasteiger charge is -2.30. The Bertz CT molecular complexity index is 1420. The van der Waals surface area contributed by atoms with Gasteiger partial charge in [-0.1, -0.05) is 24.3 Å². The Balaban J connectivity index is 1.50. The molecule has 190 valence electrons. The van der Waals surface area contributed by atoms with Gasteiger partial charge in [0.05, 0.1) is 22.5 Å². The molecule has 5 rings (SSSR count). The summed E-state index contributed by atoms with van der Waals surface area (Å²) in [4.78, 5) is 1.77. The van der Waals surface area contributed by atoms with E-state index in [1.807, 2.05) is 0 Å². The number of nitrogens with zero attached hydrogens (tertiary/aromatic N) is 1. The average molecular weight is 517 g/mol. The molecule has 0 spiro atoms. The van der Waals surface area contributed by atoms with E-state index in [1.165, 1.54) is 12.1 Å². The summed E-state index contributed by atoms with van der Waals surface area (Å²) in [5.41, 5.74) is 0.684. The Hall–Kier alpha value is -4.34. The number of phenols is 2. The molecule has 1 heterocycles. The van der Waals surface area contributed by atoms with Crippen LogP contribution in [0, 0.1) is 0 Å². The third-order valence-corrected chi connectivity index (χ3v) is 6.13. The molecule has 0 saturated heterocycles. The number of fused-ring (bicyclic) bond motifs is 2. The molecule has 0 amide bonds. The van der Waals surface area contributed by atoms with Crippen LogP contribution in [0.15, 0.2) is 72.8 Å². The van der Waals surface area contributed by atoms with Crippen LogP contribution in [0.3, 0.4) is 0 Å². The number of alkyl halides is 6. The van der Waals surface area contributed by atoms with Gasteiger partial charge in [0.2, 0.25) is 0 Å². The number of anilines is 2. The molecule has 4 aromatic carbocycles. The van der Waals surface area contributed by atoms with Crippen molar-refractivity contribution in [2.24, 2.45) is 0 Å². The first-order valence-corrected chi connectivity index (χ1v) is 10.8. The number of halogens is 6. The first-order chi connectivity index (χ1) is 17.3. The lowest BCUT2D eigenvalue weighted by Crippen LogP contribution is -2.15. The van der Waals surface area contributed by atoms with Crippen molar-refractivity contribution >= 4 is 11.4 Å². The standard InChI is InChI=1S/C27H17F6NO3/c1-34-20-10-14(16-2-6-18(22(35)12-16)26(28,29)30)4-8-24(20)37-25-9-5-15(11-21(25)34)17-3-7-19(23(36)13-17)27(31,32)33/h2-13,35-36H,1H3. The molecule has 37 heavy (non-hydrogen) atoms. The van der Waals surface area contributed by atoms with Gasteiger partial charge >= 0.3 is 12.4 Å². The number of rotatable bonds is 2. The van der Waals surface area contributed by atoms with Crippen LogP contribution in [0.1, 0.15) is 11.1 Å². The van der Waals surface area contributed by atoms with E-state index >= 15 is 0 Å². The number of ether oxygens (including phenoxy) is 1. The molecular formula is C27H17F6NO3. The first-order valence-electron chi connectivity index (χ1n) is 10.8. The summed E-state index contributed by atoms with van der Waals surface area (Å²) in [5, 5.41) is 19.8. The van der Waals surface area contributed by atoms with Crippen molar-refractivity contribution in [1.29, 1.82) is 0 Å². The number of hydrogen-bond acceptors (Lipinski definition) is 4. The lowest BCUT2D eigenvalue weighted by molar-refractivity contribution is -0.139. The van der Waals surface area contributed by atoms with E-state index in [2.05, 4.69) is 0 Å². The van der Waals surface area contributed by atoms with Crippen molar-refractivity contribution in [3.05, 3.63) is 83.9 Å². The molecule has 0 saturated carbocycles. The van der Waals surface area contributed by atoms with Gasteiger partial charge in [-0.25, -0.2) is 0 Å². The Labute approximate surface area is 206 Å². The van der Waals surface area contributed by atoms with Crippen LogP contribution in [0.2, 0.25) is 0 Å². The molecule has 1 aliphatic rings. The van der Waals surface area contributed by atoms with E-state index in [4.69, 9.17) is 4.74 Å². The fraction of sp³-hybridized carbons (Fsp3) is 0.111. The number of hydrogen-bond donors (Lipinski definition) is 2. The second-order valence-electron chi connectivity index (χ2n) is 8.49. The van der Waals surface area contributed by atoms with Crippen LogP contribution >= 0.6 is 0 Å². The average Bonchev–Trinajstić information content (AvgIpc) is 2.82. The summed E-state index contributed by atoms with van der Waals surface area (Å²) in [6.45, 7) is 0. The molecule has 4 aromatic rings. The van der Waals surface area contributed by atoms with Gasteiger partial charge < -0.3 is 19.8 Å². The predicted molar refractivity (Wildman–Crippen MR) is 125 cm³/mol. The van der Waals surface area contributed by atoms with Crippen molar-refractivity contribution < 1.29 is 41.3 Å². The molecule has 2 N–H and O–H groups in total. The summed E-state index contributed by atoms with van der Waals surface area (Å²) >= 11 is 0. The van der Waals surface area contributed by atoms with Crippen molar-refractivity contribution in [1.82, 2.24) is 0 Å². The van der Waals surface area contributed by atoms with E-state index in [0.717, 1.165) is 24.3 Å². The van der Waals surface area contributed by atoms with Gasteiger partial charge in [0.1, 0.15) is 11.5 Å². The van der Waals surface area contributed by atoms with Gasteiger partial charge in [0.25, 0.3) is 0 Å². The molecule has 0 atom stereocenters. The fourth-order valence-corrected chi connectivity index (χ4v) is 4.24. The third kappa shape index (κ3) is 4.39. The maximum atomic E-state index is 13.0. The Kier molecular flexibility index (Phi) is 5.50. The lowest BCUT2D eigenvalue weighted by atomic mass is 9.99. The molecule has 0 radical (unpaired) electrons. The van der Waals surface area contributed by atoms with Crippen molar-refractivity contribution in [2.75, 3.05) is 11.9 Å². The summed E-state index contributed by atoms with van der Waals surface area (Å²) in [6.07, 6.45) is -9.37. The highest BCUT2D eigenvalue weighted by Crippen LogP contribution is 2.49. The van der Waals surface area contributed by atoms with E-state index in [9.17, 15) is 36.6 Å². The van der Waals surface area contributed by atoms with E-state index in [-0.39, 0.29) is 0 Å². The van der Waals surface area contributed by atoms with Crippen LogP contribution in [-0.4, -0.2) is 17.3 Å². The van der Waals surface area contributed by atoms with Gasteiger partial charge in [0, 0.05) is 7.05 Å². The third-order valence-electron chi connectivity index (χ3n) is 6.13. The molecule has 0 fully saturated rings. The molecule has 0 unspecified atom stereocenters. The normalized spacial score (nSPS) is 13.1. The molecule has 0 bridgehead atoms. The van der Waals surface area contributed by atoms with Crippen molar-refractivity contribution in [2.45, 2.75) is 12.4 Å². The summed E-state index contributed by atoms with van der Waals surface area (Å²) in [5.74, 6) is -0.811. The van der Waals surface area contributed by atoms with Gasteiger partial charge in [-0.05, 0) is 70.8 Å². The number of phenolic OH excluding ortho intramolecular Hbond substituents is 2. The molecule has 4 nitrogen and oxygen atoms in total. The smallest absolute Gasteiger partial charge is 0.419 e. The maximum absolute atomic E-state index is 13.0. The predicted octanol–water partition coefficient (Wildman–Crippen LogP) is 8.34. The minimum absolute atomic E-state index is 0.362. The SMILES string of the molecule is CN1c2cc(-c3ccc(C(F)(F)F)c(O)c3)ccc2Oc2ccc(-c3ccc(C(F)(F)F)c(O)c3)cc21. The molecule has 10 heteroatoms. The minimum atomic E-state index is -4.68. The summed E-state index contributed by atoms with van der Waals surface area (Å²) < 4.78 is 84.0. The Morgan fingerprint density at radius 3 is 1.27 bits per heavy atom. The van der Waals surface area contributed by atoms with Crippen LogP contribution in [0.5, 0.6) is 23.0 Å². The van der Waals surface area contributed by atoms with Crippen LogP contribution < -0.4 is 9.64 Å². The quantitative estimate of drug-likeness (QED) is 0.263. The highest BCUT2D eigenvalue weighted by molar-refractivity contribution is 5.84. The van der Waals surface area contributed by atoms with Gasteiger partial charge in [-0.15, -0.1) is 0 Å². The fourth-order valence-electron chi connectivity index (χ4n) is 4.24. The number of aromatic hydroxyl groups is 2. The number of benzene rings is 4. The van der Waals surface area contributed by atoms with Crippen molar-refractivity contribution in [3.63, 3.8) is 0 Å². The zero-order chi connectivity index (χ0) is 26.7. The maximum Gasteiger partial charge on any atom is 0.419 e. The van der Waals surface area contributed by atoms with E-state index < -0.39 is 35.0 Å². The van der Waals surface area contributed by atoms with Gasteiger partial charge in [0.15, 0.2) is 11.5 Å². The summed E-state index contributed by atoms with van der Waals surface area (Å²) in [7, 11) is 1.74. The second-order valence-corrected chi connectivity index (χ2v) is 8.49. The molecule has 0 aliphatic carbocycles. The summed E-state index contributed by atoms with van der Waals surface area (Å²) in [6, 6.07) is 16.2. The highest BCUT2D eigenvalue weighted by atomic mass is 19.4. The van der Waals surface area contributed by atoms with E-state index in [0.29, 0.717) is 45.1 Å². The monoisotopic (exact) mass is 517 g/mol. The minimum Gasteiger partial charge on any atom is -0.507 e. The topological polar surface area (TPSA) is 52.9 Å².